The van der Waals surface area contributed by atoms with E-state index in [2.05, 4.69) is 27.3 Å². The van der Waals surface area contributed by atoms with Gasteiger partial charge in [-0.3, -0.25) is 0 Å². The zero-order valence-electron chi connectivity index (χ0n) is 16.3. The highest BCUT2D eigenvalue weighted by Crippen LogP contribution is 2.36. The van der Waals surface area contributed by atoms with E-state index in [4.69, 9.17) is 0 Å². The number of hydrogen-bond donors (Lipinski definition) is 2. The molecule has 1 aliphatic rings. The summed E-state index contributed by atoms with van der Waals surface area (Å²) in [5, 5.41) is 24.3. The van der Waals surface area contributed by atoms with Gasteiger partial charge in [-0.25, -0.2) is 8.78 Å². The van der Waals surface area contributed by atoms with Crippen LogP contribution in [0.5, 0.6) is 5.75 Å². The number of halogens is 2. The summed E-state index contributed by atoms with van der Waals surface area (Å²) >= 11 is 0. The van der Waals surface area contributed by atoms with E-state index >= 15 is 0 Å². The number of hydrogen-bond acceptors (Lipinski definition) is 5. The van der Waals surface area contributed by atoms with Crippen molar-refractivity contribution in [3.8, 4) is 17.0 Å². The Hall–Kier alpha value is -2.80. The number of phenolic OH excluding ortho intramolecular Hbond substituents is 1. The molecule has 0 unspecified atom stereocenters. The summed E-state index contributed by atoms with van der Waals surface area (Å²) in [7, 11) is 0. The van der Waals surface area contributed by atoms with E-state index in [-0.39, 0.29) is 11.3 Å². The van der Waals surface area contributed by atoms with Gasteiger partial charge in [0.05, 0.1) is 0 Å². The summed E-state index contributed by atoms with van der Waals surface area (Å²) < 4.78 is 25.8. The average Bonchev–Trinajstić information content (AvgIpc) is 2.74. The van der Waals surface area contributed by atoms with Crippen LogP contribution in [0.15, 0.2) is 42.5 Å². The molecule has 0 amide bonds. The maximum atomic E-state index is 12.9. The quantitative estimate of drug-likeness (QED) is 0.644. The summed E-state index contributed by atoms with van der Waals surface area (Å²) in [4.78, 5) is 2.41. The number of piperidine rings is 1. The Kier molecular flexibility index (Phi) is 5.58. The number of likely N-dealkylation sites (N-methyl/N-ethyl adjacent to an activating group) is 1. The molecule has 152 valence electrons. The van der Waals surface area contributed by atoms with Gasteiger partial charge in [0, 0.05) is 34.5 Å². The molecule has 5 nitrogen and oxygen atoms in total. The number of alkyl halides is 2. The first-order valence-corrected chi connectivity index (χ1v) is 9.92. The predicted molar refractivity (Wildman–Crippen MR) is 110 cm³/mol. The van der Waals surface area contributed by atoms with E-state index < -0.39 is 6.43 Å². The van der Waals surface area contributed by atoms with Crippen LogP contribution < -0.4 is 5.32 Å². The van der Waals surface area contributed by atoms with Gasteiger partial charge in [-0.1, -0.05) is 37.3 Å². The van der Waals surface area contributed by atoms with Crippen LogP contribution in [0.25, 0.3) is 22.0 Å². The molecule has 2 N–H and O–H groups in total. The van der Waals surface area contributed by atoms with Crippen molar-refractivity contribution in [1.29, 1.82) is 0 Å². The van der Waals surface area contributed by atoms with Crippen LogP contribution in [0.1, 0.15) is 31.8 Å². The van der Waals surface area contributed by atoms with E-state index in [1.807, 2.05) is 24.3 Å². The summed E-state index contributed by atoms with van der Waals surface area (Å²) in [5.74, 6) is 0.477. The Labute approximate surface area is 168 Å². The maximum Gasteiger partial charge on any atom is 0.263 e. The lowest BCUT2D eigenvalue weighted by molar-refractivity contribution is 0.151. The van der Waals surface area contributed by atoms with Crippen molar-refractivity contribution in [2.45, 2.75) is 32.2 Å². The van der Waals surface area contributed by atoms with Gasteiger partial charge in [-0.05, 0) is 38.1 Å². The van der Waals surface area contributed by atoms with Crippen LogP contribution in [0.2, 0.25) is 0 Å². The lowest BCUT2D eigenvalue weighted by Gasteiger charge is -2.32. The zero-order chi connectivity index (χ0) is 20.4. The number of phenols is 1. The minimum absolute atomic E-state index is 0.223. The van der Waals surface area contributed by atoms with E-state index in [1.54, 1.807) is 0 Å². The molecule has 1 aliphatic heterocycles. The highest BCUT2D eigenvalue weighted by atomic mass is 19.3. The Bertz CT molecular complexity index is 1010. The third kappa shape index (κ3) is 4.00. The zero-order valence-corrected chi connectivity index (χ0v) is 16.3. The van der Waals surface area contributed by atoms with Gasteiger partial charge >= 0.3 is 0 Å². The topological polar surface area (TPSA) is 61.3 Å². The molecule has 1 fully saturated rings. The number of likely N-dealkylation sites (tertiary alicyclic amines) is 1. The van der Waals surface area contributed by atoms with Crippen LogP contribution in [0.3, 0.4) is 0 Å². The number of aromatic nitrogens is 2. The molecule has 1 atom stereocenters. The number of nitrogens with one attached hydrogen (secondary N) is 1. The number of benzene rings is 2. The van der Waals surface area contributed by atoms with Gasteiger partial charge in [0.2, 0.25) is 0 Å². The summed E-state index contributed by atoms with van der Waals surface area (Å²) in [6.45, 7) is 5.27. The average molecular weight is 398 g/mol. The molecule has 0 spiro atoms. The van der Waals surface area contributed by atoms with Gasteiger partial charge < -0.3 is 15.3 Å². The molecule has 3 aromatic rings. The molecule has 0 aliphatic carbocycles. The Morgan fingerprint density at radius 2 is 1.97 bits per heavy atom. The molecule has 2 heterocycles. The fourth-order valence-electron chi connectivity index (χ4n) is 3.95. The van der Waals surface area contributed by atoms with E-state index in [1.165, 1.54) is 12.1 Å². The van der Waals surface area contributed by atoms with Crippen LogP contribution in [-0.2, 0) is 0 Å². The normalized spacial score (nSPS) is 17.7. The largest absolute Gasteiger partial charge is 0.507 e. The van der Waals surface area contributed by atoms with Crippen molar-refractivity contribution in [2.24, 2.45) is 0 Å². The van der Waals surface area contributed by atoms with E-state index in [0.29, 0.717) is 23.1 Å². The summed E-state index contributed by atoms with van der Waals surface area (Å²) in [6.07, 6.45) is -0.425. The predicted octanol–water partition coefficient (Wildman–Crippen LogP) is 4.84. The standard InChI is InChI=1S/C22H24F2N4O/c1-2-28-11-5-6-15(13-28)25-22-17-8-4-3-7-16(17)20(26-27-22)18-10-9-14(21(23)24)12-19(18)29/h3-4,7-10,12,15,21,29H,2,5-6,11,13H2,1H3,(H,25,27)/t15-/m1/s1. The monoisotopic (exact) mass is 398 g/mol. The van der Waals surface area contributed by atoms with Crippen LogP contribution in [0.4, 0.5) is 14.6 Å². The highest BCUT2D eigenvalue weighted by molar-refractivity contribution is 6.00. The Morgan fingerprint density at radius 1 is 1.17 bits per heavy atom. The molecule has 4 rings (SSSR count). The van der Waals surface area contributed by atoms with Gasteiger partial charge in [-0.15, -0.1) is 10.2 Å². The molecular formula is C22H24F2N4O. The fourth-order valence-corrected chi connectivity index (χ4v) is 3.95. The lowest BCUT2D eigenvalue weighted by atomic mass is 10.0. The van der Waals surface area contributed by atoms with Gasteiger partial charge in [0.15, 0.2) is 5.82 Å². The third-order valence-electron chi connectivity index (χ3n) is 5.51. The van der Waals surface area contributed by atoms with E-state index in [9.17, 15) is 13.9 Å². The smallest absolute Gasteiger partial charge is 0.263 e. The highest BCUT2D eigenvalue weighted by Gasteiger charge is 2.21. The van der Waals surface area contributed by atoms with E-state index in [0.717, 1.165) is 49.3 Å². The minimum Gasteiger partial charge on any atom is -0.507 e. The first-order valence-electron chi connectivity index (χ1n) is 9.92. The fraction of sp³-hybridized carbons (Fsp3) is 0.364. The Morgan fingerprint density at radius 3 is 2.69 bits per heavy atom. The molecule has 1 aromatic heterocycles. The summed E-state index contributed by atoms with van der Waals surface area (Å²) in [5.41, 5.74) is 0.641. The second-order valence-corrected chi connectivity index (χ2v) is 7.40. The molecular weight excluding hydrogens is 374 g/mol. The van der Waals surface area contributed by atoms with Crippen LogP contribution in [-0.4, -0.2) is 45.9 Å². The second kappa shape index (κ2) is 8.29. The third-order valence-corrected chi connectivity index (χ3v) is 5.51. The van der Waals surface area contributed by atoms with Gasteiger partial charge in [-0.2, -0.15) is 0 Å². The van der Waals surface area contributed by atoms with Crippen molar-refractivity contribution in [1.82, 2.24) is 15.1 Å². The molecule has 1 saturated heterocycles. The molecule has 0 saturated carbocycles. The molecule has 0 bridgehead atoms. The van der Waals surface area contributed by atoms with Gasteiger partial charge in [0.1, 0.15) is 11.4 Å². The number of fused-ring (bicyclic) bond motifs is 1. The lowest BCUT2D eigenvalue weighted by Crippen LogP contribution is -2.42. The second-order valence-electron chi connectivity index (χ2n) is 7.40. The Balaban J connectivity index is 1.71. The first kappa shape index (κ1) is 19.5. The molecule has 7 heteroatoms. The molecule has 29 heavy (non-hydrogen) atoms. The van der Waals surface area contributed by atoms with Crippen molar-refractivity contribution in [2.75, 3.05) is 25.0 Å². The summed E-state index contributed by atoms with van der Waals surface area (Å²) in [6, 6.07) is 11.9. The van der Waals surface area contributed by atoms with Gasteiger partial charge in [0.25, 0.3) is 6.43 Å². The van der Waals surface area contributed by atoms with Crippen LogP contribution in [0, 0.1) is 0 Å². The van der Waals surface area contributed by atoms with Crippen molar-refractivity contribution in [3.63, 3.8) is 0 Å². The van der Waals surface area contributed by atoms with Crippen LogP contribution >= 0.6 is 0 Å². The van der Waals surface area contributed by atoms with Crippen molar-refractivity contribution >= 4 is 16.6 Å². The molecule has 0 radical (unpaired) electrons. The number of anilines is 1. The minimum atomic E-state index is -2.64. The van der Waals surface area contributed by atoms with Crippen molar-refractivity contribution < 1.29 is 13.9 Å². The number of aromatic hydroxyl groups is 1. The maximum absolute atomic E-state index is 12.9. The number of rotatable bonds is 5. The number of nitrogens with zero attached hydrogens (tertiary/aromatic N) is 3. The first-order chi connectivity index (χ1) is 14.1. The SMILES string of the molecule is CCN1CCC[C@@H](Nc2nnc(-c3ccc(C(F)F)cc3O)c3ccccc23)C1. The molecule has 2 aromatic carbocycles. The van der Waals surface area contributed by atoms with Crippen molar-refractivity contribution in [3.05, 3.63) is 48.0 Å².